The van der Waals surface area contributed by atoms with Crippen molar-refractivity contribution < 1.29 is 18.7 Å². The van der Waals surface area contributed by atoms with Crippen molar-refractivity contribution in [1.82, 2.24) is 5.32 Å². The summed E-state index contributed by atoms with van der Waals surface area (Å²) in [5, 5.41) is 14.1. The topological polar surface area (TPSA) is 75.6 Å². The van der Waals surface area contributed by atoms with Crippen LogP contribution in [0.2, 0.25) is 0 Å². The highest BCUT2D eigenvalue weighted by atomic mass is 16.4. The van der Waals surface area contributed by atoms with Gasteiger partial charge in [0, 0.05) is 5.39 Å². The smallest absolute Gasteiger partial charge is 0.254 e. The van der Waals surface area contributed by atoms with Crippen molar-refractivity contribution in [2.45, 2.75) is 12.5 Å². The number of aliphatic hydroxyl groups is 1. The quantitative estimate of drug-likeness (QED) is 0.772. The van der Waals surface area contributed by atoms with E-state index in [1.807, 2.05) is 24.3 Å². The van der Waals surface area contributed by atoms with Crippen LogP contribution in [0.4, 0.5) is 0 Å². The third-order valence-corrected chi connectivity index (χ3v) is 3.33. The van der Waals surface area contributed by atoms with Crippen molar-refractivity contribution in [3.63, 3.8) is 0 Å². The van der Waals surface area contributed by atoms with Crippen LogP contribution in [0.3, 0.4) is 0 Å². The SMILES string of the molecule is C[C@](O)(CNC(=O)c1ccoc1)c1cc2ccccc2o1. The number of rotatable bonds is 4. The molecule has 1 atom stereocenters. The van der Waals surface area contributed by atoms with Crippen LogP contribution in [0.25, 0.3) is 11.0 Å². The van der Waals surface area contributed by atoms with Gasteiger partial charge < -0.3 is 19.3 Å². The molecule has 0 saturated carbocycles. The highest BCUT2D eigenvalue weighted by molar-refractivity contribution is 5.93. The van der Waals surface area contributed by atoms with Gasteiger partial charge in [0.1, 0.15) is 23.2 Å². The number of para-hydroxylation sites is 1. The summed E-state index contributed by atoms with van der Waals surface area (Å²) in [4.78, 5) is 11.8. The minimum absolute atomic E-state index is 0.0385. The summed E-state index contributed by atoms with van der Waals surface area (Å²) >= 11 is 0. The van der Waals surface area contributed by atoms with E-state index in [-0.39, 0.29) is 12.5 Å². The molecule has 1 amide bonds. The van der Waals surface area contributed by atoms with Crippen molar-refractivity contribution in [2.75, 3.05) is 6.54 Å². The number of fused-ring (bicyclic) bond motifs is 1. The number of carbonyl (C=O) groups is 1. The van der Waals surface area contributed by atoms with Gasteiger partial charge in [-0.05, 0) is 25.1 Å². The van der Waals surface area contributed by atoms with Gasteiger partial charge in [-0.3, -0.25) is 4.79 Å². The van der Waals surface area contributed by atoms with Gasteiger partial charge in [0.05, 0.1) is 18.4 Å². The molecule has 1 aromatic carbocycles. The number of amides is 1. The largest absolute Gasteiger partial charge is 0.472 e. The Bertz CT molecular complexity index is 723. The molecule has 0 saturated heterocycles. The van der Waals surface area contributed by atoms with E-state index >= 15 is 0 Å². The van der Waals surface area contributed by atoms with Gasteiger partial charge in [-0.2, -0.15) is 0 Å². The Morgan fingerprint density at radius 2 is 2.14 bits per heavy atom. The number of carbonyl (C=O) groups excluding carboxylic acids is 1. The third-order valence-electron chi connectivity index (χ3n) is 3.33. The zero-order valence-electron chi connectivity index (χ0n) is 11.5. The van der Waals surface area contributed by atoms with Crippen molar-refractivity contribution >= 4 is 16.9 Å². The number of hydrogen-bond donors (Lipinski definition) is 2. The number of benzene rings is 1. The molecule has 0 spiro atoms. The maximum Gasteiger partial charge on any atom is 0.254 e. The van der Waals surface area contributed by atoms with E-state index in [1.165, 1.54) is 12.5 Å². The van der Waals surface area contributed by atoms with Crippen LogP contribution < -0.4 is 5.32 Å². The normalized spacial score (nSPS) is 14.0. The lowest BCUT2D eigenvalue weighted by molar-refractivity contribution is 0.0344. The van der Waals surface area contributed by atoms with E-state index in [9.17, 15) is 9.90 Å². The Hall–Kier alpha value is -2.53. The van der Waals surface area contributed by atoms with E-state index in [0.717, 1.165) is 5.39 Å². The molecule has 21 heavy (non-hydrogen) atoms. The van der Waals surface area contributed by atoms with Crippen molar-refractivity contribution in [3.05, 3.63) is 60.2 Å². The first-order chi connectivity index (χ1) is 10.1. The first kappa shape index (κ1) is 13.5. The van der Waals surface area contributed by atoms with Gasteiger partial charge in [-0.1, -0.05) is 18.2 Å². The van der Waals surface area contributed by atoms with Crippen LogP contribution >= 0.6 is 0 Å². The van der Waals surface area contributed by atoms with Gasteiger partial charge in [0.15, 0.2) is 0 Å². The molecule has 0 unspecified atom stereocenters. The van der Waals surface area contributed by atoms with Gasteiger partial charge in [-0.25, -0.2) is 0 Å². The standard InChI is InChI=1S/C16H15NO4/c1-16(19,10-17-15(18)12-6-7-20-9-12)14-8-11-4-2-3-5-13(11)21-14/h2-9,19H,10H2,1H3,(H,17,18)/t16-/m0/s1. The fraction of sp³-hybridized carbons (Fsp3) is 0.188. The second kappa shape index (κ2) is 5.10. The average Bonchev–Trinajstić information content (AvgIpc) is 3.13. The molecule has 108 valence electrons. The van der Waals surface area contributed by atoms with Crippen LogP contribution in [-0.4, -0.2) is 17.6 Å². The molecule has 0 aliphatic heterocycles. The zero-order valence-corrected chi connectivity index (χ0v) is 11.5. The minimum atomic E-state index is -1.29. The van der Waals surface area contributed by atoms with Crippen LogP contribution in [-0.2, 0) is 5.60 Å². The molecule has 3 aromatic rings. The molecule has 0 aliphatic carbocycles. The molecule has 2 heterocycles. The predicted octanol–water partition coefficient (Wildman–Crippen LogP) is 2.66. The summed E-state index contributed by atoms with van der Waals surface area (Å²) in [5.41, 5.74) is -0.178. The molecule has 0 bridgehead atoms. The molecule has 0 fully saturated rings. The second-order valence-corrected chi connectivity index (χ2v) is 5.12. The summed E-state index contributed by atoms with van der Waals surface area (Å²) in [5.74, 6) is 0.108. The van der Waals surface area contributed by atoms with Crippen molar-refractivity contribution in [3.8, 4) is 0 Å². The molecule has 2 N–H and O–H groups in total. The molecular weight excluding hydrogens is 270 g/mol. The Morgan fingerprint density at radius 3 is 2.86 bits per heavy atom. The maximum absolute atomic E-state index is 11.8. The highest BCUT2D eigenvalue weighted by Gasteiger charge is 2.28. The van der Waals surface area contributed by atoms with E-state index in [1.54, 1.807) is 19.1 Å². The van der Waals surface area contributed by atoms with E-state index in [4.69, 9.17) is 8.83 Å². The Kier molecular flexibility index (Phi) is 3.27. The number of furan rings is 2. The lowest BCUT2D eigenvalue weighted by atomic mass is 10.0. The highest BCUT2D eigenvalue weighted by Crippen LogP contribution is 2.27. The van der Waals surface area contributed by atoms with E-state index < -0.39 is 5.60 Å². The third kappa shape index (κ3) is 2.68. The monoisotopic (exact) mass is 285 g/mol. The summed E-state index contributed by atoms with van der Waals surface area (Å²) < 4.78 is 10.5. The summed E-state index contributed by atoms with van der Waals surface area (Å²) in [7, 11) is 0. The molecule has 3 rings (SSSR count). The first-order valence-corrected chi connectivity index (χ1v) is 6.58. The molecule has 5 nitrogen and oxygen atoms in total. The Labute approximate surface area is 121 Å². The minimum Gasteiger partial charge on any atom is -0.472 e. The molecular formula is C16H15NO4. The predicted molar refractivity (Wildman–Crippen MR) is 76.8 cm³/mol. The fourth-order valence-electron chi connectivity index (χ4n) is 2.08. The molecule has 2 aromatic heterocycles. The first-order valence-electron chi connectivity index (χ1n) is 6.58. The molecule has 5 heteroatoms. The van der Waals surface area contributed by atoms with Gasteiger partial charge in [-0.15, -0.1) is 0 Å². The number of nitrogens with one attached hydrogen (secondary N) is 1. The van der Waals surface area contributed by atoms with Crippen molar-refractivity contribution in [1.29, 1.82) is 0 Å². The second-order valence-electron chi connectivity index (χ2n) is 5.12. The van der Waals surface area contributed by atoms with Gasteiger partial charge in [0.25, 0.3) is 5.91 Å². The van der Waals surface area contributed by atoms with Crippen LogP contribution in [0.1, 0.15) is 23.0 Å². The van der Waals surface area contributed by atoms with E-state index in [2.05, 4.69) is 5.32 Å². The Balaban J connectivity index is 1.75. The van der Waals surface area contributed by atoms with Crippen LogP contribution in [0.15, 0.2) is 57.8 Å². The molecule has 0 aliphatic rings. The summed E-state index contributed by atoms with van der Waals surface area (Å²) in [6.07, 6.45) is 2.78. The average molecular weight is 285 g/mol. The summed E-state index contributed by atoms with van der Waals surface area (Å²) in [6.45, 7) is 1.64. The Morgan fingerprint density at radius 1 is 1.33 bits per heavy atom. The number of hydrogen-bond acceptors (Lipinski definition) is 4. The van der Waals surface area contributed by atoms with Gasteiger partial charge in [0.2, 0.25) is 0 Å². The lowest BCUT2D eigenvalue weighted by Gasteiger charge is -2.20. The lowest BCUT2D eigenvalue weighted by Crippen LogP contribution is -2.38. The maximum atomic E-state index is 11.8. The fourth-order valence-corrected chi connectivity index (χ4v) is 2.08. The zero-order chi connectivity index (χ0) is 14.9. The van der Waals surface area contributed by atoms with Crippen LogP contribution in [0.5, 0.6) is 0 Å². The van der Waals surface area contributed by atoms with Crippen molar-refractivity contribution in [2.24, 2.45) is 0 Å². The summed E-state index contributed by atoms with van der Waals surface area (Å²) in [6, 6.07) is 10.8. The van der Waals surface area contributed by atoms with E-state index in [0.29, 0.717) is 16.9 Å². The van der Waals surface area contributed by atoms with Crippen LogP contribution in [0, 0.1) is 0 Å². The van der Waals surface area contributed by atoms with Gasteiger partial charge >= 0.3 is 0 Å². The molecule has 0 radical (unpaired) electrons.